The van der Waals surface area contributed by atoms with Crippen LogP contribution in [-0.4, -0.2) is 21.2 Å². The van der Waals surface area contributed by atoms with Crippen LogP contribution in [0, 0.1) is 0 Å². The first-order chi connectivity index (χ1) is 14.5. The lowest BCUT2D eigenvalue weighted by atomic mass is 10.2. The van der Waals surface area contributed by atoms with Gasteiger partial charge in [0.05, 0.1) is 7.11 Å². The fourth-order valence-corrected chi connectivity index (χ4v) is 4.19. The summed E-state index contributed by atoms with van der Waals surface area (Å²) in [6.07, 6.45) is 5.43. The highest BCUT2D eigenvalue weighted by Crippen LogP contribution is 2.27. The van der Waals surface area contributed by atoms with E-state index in [0.717, 1.165) is 49.8 Å². The number of nitrogen functional groups attached to an aromatic ring is 1. The second-order valence-corrected chi connectivity index (χ2v) is 8.10. The van der Waals surface area contributed by atoms with Crippen LogP contribution in [-0.2, 0) is 13.1 Å². The Labute approximate surface area is 181 Å². The summed E-state index contributed by atoms with van der Waals surface area (Å²) in [6, 6.07) is 7.51. The van der Waals surface area contributed by atoms with Gasteiger partial charge >= 0.3 is 5.69 Å². The van der Waals surface area contributed by atoms with Gasteiger partial charge < -0.3 is 15.8 Å². The Morgan fingerprint density at radius 2 is 1.90 bits per heavy atom. The number of hydrogen-bond donors (Lipinski definition) is 2. The summed E-state index contributed by atoms with van der Waals surface area (Å²) < 4.78 is 8.07. The van der Waals surface area contributed by atoms with Gasteiger partial charge in [0.25, 0.3) is 5.56 Å². The third-order valence-electron chi connectivity index (χ3n) is 5.68. The number of unbranched alkanes of at least 4 members (excludes halogenated alkanes) is 1. The molecule has 0 atom stereocenters. The van der Waals surface area contributed by atoms with Crippen molar-refractivity contribution in [1.82, 2.24) is 14.5 Å². The molecule has 1 aromatic carbocycles. The molecule has 0 bridgehead atoms. The van der Waals surface area contributed by atoms with E-state index < -0.39 is 0 Å². The van der Waals surface area contributed by atoms with Crippen LogP contribution >= 0.6 is 12.2 Å². The maximum absolute atomic E-state index is 13.3. The van der Waals surface area contributed by atoms with Crippen LogP contribution in [0.4, 0.5) is 5.82 Å². The first kappa shape index (κ1) is 22.1. The second kappa shape index (κ2) is 9.93. The van der Waals surface area contributed by atoms with Gasteiger partial charge in [-0.25, -0.2) is 4.79 Å². The Morgan fingerprint density at radius 1 is 1.23 bits per heavy atom. The van der Waals surface area contributed by atoms with Crippen LogP contribution in [0.25, 0.3) is 0 Å². The maximum Gasteiger partial charge on any atom is 0.332 e. The van der Waals surface area contributed by atoms with Crippen molar-refractivity contribution in [3.05, 3.63) is 56.2 Å². The predicted octanol–water partition coefficient (Wildman–Crippen LogP) is 2.98. The van der Waals surface area contributed by atoms with Crippen LogP contribution < -0.4 is 27.0 Å². The summed E-state index contributed by atoms with van der Waals surface area (Å²) in [7, 11) is 1.62. The lowest BCUT2D eigenvalue weighted by Gasteiger charge is -2.20. The monoisotopic (exact) mass is 430 g/mol. The molecule has 1 aromatic heterocycles. The van der Waals surface area contributed by atoms with Gasteiger partial charge in [-0.05, 0) is 37.0 Å². The molecule has 162 valence electrons. The minimum Gasteiger partial charge on any atom is -0.497 e. The van der Waals surface area contributed by atoms with E-state index in [0.29, 0.717) is 13.1 Å². The molecule has 0 radical (unpaired) electrons. The lowest BCUT2D eigenvalue weighted by Crippen LogP contribution is -2.46. The van der Waals surface area contributed by atoms with Gasteiger partial charge in [-0.3, -0.25) is 13.9 Å². The standard InChI is InChI=1S/C22H30N4O3S/c1-3-4-13-25-19(23)18(21(27)26(22(25)28)16-7-5-6-8-16)20(30)24-14-15-9-11-17(29-2)12-10-15/h9-12,16H,3-8,13-14,23H2,1-2H3,(H,24,30). The van der Waals surface area contributed by atoms with E-state index in [4.69, 9.17) is 22.7 Å². The van der Waals surface area contributed by atoms with Gasteiger partial charge in [-0.1, -0.05) is 50.5 Å². The molecule has 1 aliphatic carbocycles. The number of anilines is 1. The number of thiocarbonyl (C=S) groups is 1. The Balaban J connectivity index is 1.94. The zero-order valence-corrected chi connectivity index (χ0v) is 18.5. The molecule has 1 aliphatic rings. The molecule has 0 aliphatic heterocycles. The molecule has 8 heteroatoms. The number of methoxy groups -OCH3 is 1. The van der Waals surface area contributed by atoms with Crippen molar-refractivity contribution < 1.29 is 4.74 Å². The van der Waals surface area contributed by atoms with E-state index in [1.807, 2.05) is 24.3 Å². The van der Waals surface area contributed by atoms with Gasteiger partial charge in [-0.2, -0.15) is 0 Å². The number of nitrogens with two attached hydrogens (primary N) is 1. The van der Waals surface area contributed by atoms with Gasteiger partial charge in [0.1, 0.15) is 22.1 Å². The van der Waals surface area contributed by atoms with E-state index in [-0.39, 0.29) is 33.7 Å². The molecule has 0 saturated heterocycles. The number of rotatable bonds is 8. The molecular formula is C22H30N4O3S. The molecule has 3 N–H and O–H groups in total. The molecule has 0 amide bonds. The normalized spacial score (nSPS) is 14.1. The first-order valence-corrected chi connectivity index (χ1v) is 10.9. The zero-order chi connectivity index (χ0) is 21.7. The average molecular weight is 431 g/mol. The molecule has 1 fully saturated rings. The van der Waals surface area contributed by atoms with Gasteiger partial charge in [0.2, 0.25) is 0 Å². The van der Waals surface area contributed by atoms with Crippen LogP contribution in [0.1, 0.15) is 62.6 Å². The quantitative estimate of drug-likeness (QED) is 0.626. The number of hydrogen-bond acceptors (Lipinski definition) is 5. The average Bonchev–Trinajstić information content (AvgIpc) is 3.27. The third-order valence-corrected chi connectivity index (χ3v) is 6.03. The van der Waals surface area contributed by atoms with Crippen molar-refractivity contribution in [3.63, 3.8) is 0 Å². The van der Waals surface area contributed by atoms with Crippen molar-refractivity contribution in [1.29, 1.82) is 0 Å². The fourth-order valence-electron chi connectivity index (χ4n) is 3.93. The highest BCUT2D eigenvalue weighted by atomic mass is 32.1. The van der Waals surface area contributed by atoms with Gasteiger partial charge in [0.15, 0.2) is 0 Å². The number of aromatic nitrogens is 2. The van der Waals surface area contributed by atoms with E-state index in [1.165, 1.54) is 9.13 Å². The first-order valence-electron chi connectivity index (χ1n) is 10.5. The molecule has 1 saturated carbocycles. The Hall–Kier alpha value is -2.61. The molecule has 1 heterocycles. The summed E-state index contributed by atoms with van der Waals surface area (Å²) in [5, 5.41) is 3.14. The van der Waals surface area contributed by atoms with E-state index in [2.05, 4.69) is 12.2 Å². The Kier molecular flexibility index (Phi) is 7.31. The predicted molar refractivity (Wildman–Crippen MR) is 123 cm³/mol. The van der Waals surface area contributed by atoms with Crippen LogP contribution in [0.3, 0.4) is 0 Å². The Morgan fingerprint density at radius 3 is 2.50 bits per heavy atom. The minimum atomic E-state index is -0.385. The molecule has 30 heavy (non-hydrogen) atoms. The Bertz CT molecular complexity index is 1000. The number of ether oxygens (including phenoxy) is 1. The van der Waals surface area contributed by atoms with Crippen molar-refractivity contribution in [2.75, 3.05) is 12.8 Å². The van der Waals surface area contributed by atoms with Crippen LogP contribution in [0.2, 0.25) is 0 Å². The summed E-state index contributed by atoms with van der Waals surface area (Å²) >= 11 is 5.55. The van der Waals surface area contributed by atoms with E-state index in [9.17, 15) is 9.59 Å². The van der Waals surface area contributed by atoms with E-state index >= 15 is 0 Å². The molecule has 7 nitrogen and oxygen atoms in total. The number of nitrogens with one attached hydrogen (secondary N) is 1. The molecule has 0 unspecified atom stereocenters. The smallest absolute Gasteiger partial charge is 0.332 e. The van der Waals surface area contributed by atoms with Gasteiger partial charge in [0, 0.05) is 19.1 Å². The summed E-state index contributed by atoms with van der Waals surface area (Å²) in [6.45, 7) is 2.97. The molecular weight excluding hydrogens is 400 g/mol. The molecule has 3 rings (SSSR count). The van der Waals surface area contributed by atoms with Crippen molar-refractivity contribution in [2.24, 2.45) is 0 Å². The van der Waals surface area contributed by atoms with Crippen LogP contribution in [0.5, 0.6) is 5.75 Å². The third kappa shape index (κ3) is 4.59. The summed E-state index contributed by atoms with van der Waals surface area (Å²) in [5.74, 6) is 0.924. The largest absolute Gasteiger partial charge is 0.497 e. The topological polar surface area (TPSA) is 91.3 Å². The van der Waals surface area contributed by atoms with Crippen molar-refractivity contribution in [3.8, 4) is 5.75 Å². The second-order valence-electron chi connectivity index (χ2n) is 7.69. The fraction of sp³-hybridized carbons (Fsp3) is 0.500. The lowest BCUT2D eigenvalue weighted by molar-refractivity contribution is 0.414. The molecule has 0 spiro atoms. The van der Waals surface area contributed by atoms with Crippen molar-refractivity contribution >= 4 is 23.0 Å². The van der Waals surface area contributed by atoms with Crippen LogP contribution in [0.15, 0.2) is 33.9 Å². The van der Waals surface area contributed by atoms with Gasteiger partial charge in [-0.15, -0.1) is 0 Å². The maximum atomic E-state index is 13.3. The number of benzene rings is 1. The summed E-state index contributed by atoms with van der Waals surface area (Å²) in [4.78, 5) is 26.6. The SMILES string of the molecule is CCCCn1c(N)c(C(=S)NCc2ccc(OC)cc2)c(=O)n(C2CCCC2)c1=O. The highest BCUT2D eigenvalue weighted by Gasteiger charge is 2.26. The highest BCUT2D eigenvalue weighted by molar-refractivity contribution is 7.80. The minimum absolute atomic E-state index is 0.0818. The number of nitrogens with zero attached hydrogens (tertiary/aromatic N) is 2. The van der Waals surface area contributed by atoms with E-state index in [1.54, 1.807) is 7.11 Å². The summed E-state index contributed by atoms with van der Waals surface area (Å²) in [5.41, 5.74) is 6.82. The van der Waals surface area contributed by atoms with Crippen molar-refractivity contribution in [2.45, 2.75) is 64.6 Å². The molecule has 2 aromatic rings. The zero-order valence-electron chi connectivity index (χ0n) is 17.6.